The molecule has 0 radical (unpaired) electrons. The number of guanidine groups is 1. The molecule has 2 aliphatic rings. The van der Waals surface area contributed by atoms with Gasteiger partial charge in [0.15, 0.2) is 5.96 Å². The van der Waals surface area contributed by atoms with Crippen molar-refractivity contribution >= 4 is 41.5 Å². The minimum Gasteiger partial charge on any atom is -0.495 e. The summed E-state index contributed by atoms with van der Waals surface area (Å²) in [4.78, 5) is 24.3. The van der Waals surface area contributed by atoms with E-state index in [2.05, 4.69) is 34.2 Å². The van der Waals surface area contributed by atoms with Gasteiger partial charge in [0.2, 0.25) is 5.91 Å². The van der Waals surface area contributed by atoms with Gasteiger partial charge in [-0.1, -0.05) is 25.0 Å². The van der Waals surface area contributed by atoms with Crippen LogP contribution in [0.3, 0.4) is 0 Å². The maximum absolute atomic E-state index is 12.9. The van der Waals surface area contributed by atoms with Gasteiger partial charge in [-0.05, 0) is 31.9 Å². The summed E-state index contributed by atoms with van der Waals surface area (Å²) in [5, 5.41) is 3.45. The fourth-order valence-corrected chi connectivity index (χ4v) is 4.67. The number of rotatable bonds is 6. The van der Waals surface area contributed by atoms with Crippen molar-refractivity contribution in [2.45, 2.75) is 32.6 Å². The number of piperazine rings is 1. The number of carbonyl (C=O) groups is 1. The Morgan fingerprint density at radius 3 is 2.39 bits per heavy atom. The van der Waals surface area contributed by atoms with Crippen LogP contribution in [0.4, 0.5) is 5.69 Å². The van der Waals surface area contributed by atoms with Crippen LogP contribution in [0.2, 0.25) is 0 Å². The number of amides is 1. The maximum Gasteiger partial charge on any atom is 0.230 e. The highest BCUT2D eigenvalue weighted by Crippen LogP contribution is 2.40. The predicted octanol–water partition coefficient (Wildman–Crippen LogP) is 3.05. The SMILES string of the molecule is CCNC(=NCC1(C(=O)N(C)C)CCCC1)N1CCN(c2ccccc2OC)CC1.I. The van der Waals surface area contributed by atoms with Crippen molar-refractivity contribution in [3.63, 3.8) is 0 Å². The fraction of sp³-hybridized carbons (Fsp3) is 0.652. The van der Waals surface area contributed by atoms with Gasteiger partial charge < -0.3 is 24.8 Å². The van der Waals surface area contributed by atoms with Crippen LogP contribution in [0.15, 0.2) is 29.3 Å². The van der Waals surface area contributed by atoms with Gasteiger partial charge in [0.1, 0.15) is 5.75 Å². The zero-order valence-corrected chi connectivity index (χ0v) is 21.7. The Morgan fingerprint density at radius 1 is 1.16 bits per heavy atom. The van der Waals surface area contributed by atoms with Crippen LogP contribution in [-0.4, -0.2) is 82.1 Å². The van der Waals surface area contributed by atoms with E-state index in [9.17, 15) is 4.79 Å². The van der Waals surface area contributed by atoms with Gasteiger partial charge in [0.05, 0.1) is 24.8 Å². The van der Waals surface area contributed by atoms with E-state index in [0.717, 1.165) is 75.8 Å². The predicted molar refractivity (Wildman–Crippen MR) is 138 cm³/mol. The van der Waals surface area contributed by atoms with E-state index in [0.29, 0.717) is 6.54 Å². The number of nitrogens with zero attached hydrogens (tertiary/aromatic N) is 4. The maximum atomic E-state index is 12.9. The summed E-state index contributed by atoms with van der Waals surface area (Å²) < 4.78 is 5.53. The zero-order chi connectivity index (χ0) is 21.6. The molecule has 31 heavy (non-hydrogen) atoms. The first-order valence-corrected chi connectivity index (χ1v) is 11.1. The van der Waals surface area contributed by atoms with Crippen LogP contribution >= 0.6 is 24.0 Å². The van der Waals surface area contributed by atoms with Crippen LogP contribution in [0.25, 0.3) is 0 Å². The van der Waals surface area contributed by atoms with E-state index in [1.54, 1.807) is 12.0 Å². The van der Waals surface area contributed by atoms with Crippen molar-refractivity contribution in [3.05, 3.63) is 24.3 Å². The topological polar surface area (TPSA) is 60.4 Å². The number of halogens is 1. The molecule has 0 spiro atoms. The Labute approximate surface area is 204 Å². The number of ether oxygens (including phenoxy) is 1. The molecule has 2 fully saturated rings. The molecule has 1 N–H and O–H groups in total. The van der Waals surface area contributed by atoms with Crippen molar-refractivity contribution in [1.29, 1.82) is 0 Å². The molecule has 1 amide bonds. The summed E-state index contributed by atoms with van der Waals surface area (Å²) in [7, 11) is 5.43. The third-order valence-electron chi connectivity index (χ3n) is 6.29. The van der Waals surface area contributed by atoms with Crippen molar-refractivity contribution in [2.75, 3.05) is 65.4 Å². The number of nitrogens with one attached hydrogen (secondary N) is 1. The van der Waals surface area contributed by atoms with Crippen LogP contribution in [0.1, 0.15) is 32.6 Å². The first kappa shape index (κ1) is 25.5. The van der Waals surface area contributed by atoms with Crippen LogP contribution < -0.4 is 15.0 Å². The highest BCUT2D eigenvalue weighted by molar-refractivity contribution is 14.0. The largest absolute Gasteiger partial charge is 0.495 e. The Balaban J connectivity index is 0.00000341. The minimum atomic E-state index is -0.330. The van der Waals surface area contributed by atoms with Gasteiger partial charge in [-0.25, -0.2) is 0 Å². The first-order chi connectivity index (χ1) is 14.5. The summed E-state index contributed by atoms with van der Waals surface area (Å²) in [5.41, 5.74) is 0.812. The van der Waals surface area contributed by atoms with Gasteiger partial charge in [0, 0.05) is 46.8 Å². The number of hydrogen-bond donors (Lipinski definition) is 1. The molecule has 0 atom stereocenters. The lowest BCUT2D eigenvalue weighted by atomic mass is 9.85. The molecule has 1 heterocycles. The summed E-state index contributed by atoms with van der Waals surface area (Å²) in [6.45, 7) is 7.08. The number of aliphatic imine (C=N–C) groups is 1. The standard InChI is InChI=1S/C23H37N5O2.HI/c1-5-24-22(25-18-23(12-8-9-13-23)21(29)26(2)3)28-16-14-27(15-17-28)19-10-6-7-11-20(19)30-4;/h6-7,10-11H,5,8-9,12-18H2,1-4H3,(H,24,25);1H. The van der Waals surface area contributed by atoms with Crippen molar-refractivity contribution in [3.8, 4) is 5.75 Å². The third kappa shape index (κ3) is 5.96. The van der Waals surface area contributed by atoms with E-state index in [1.807, 2.05) is 26.2 Å². The van der Waals surface area contributed by atoms with E-state index >= 15 is 0 Å². The lowest BCUT2D eigenvalue weighted by Crippen LogP contribution is -2.53. The molecule has 0 bridgehead atoms. The summed E-state index contributed by atoms with van der Waals surface area (Å²) in [6.07, 6.45) is 4.11. The molecule has 7 nitrogen and oxygen atoms in total. The number of anilines is 1. The molecule has 0 unspecified atom stereocenters. The van der Waals surface area contributed by atoms with E-state index < -0.39 is 0 Å². The highest BCUT2D eigenvalue weighted by atomic mass is 127. The second-order valence-corrected chi connectivity index (χ2v) is 8.50. The fourth-order valence-electron chi connectivity index (χ4n) is 4.67. The van der Waals surface area contributed by atoms with Gasteiger partial charge in [-0.15, -0.1) is 24.0 Å². The van der Waals surface area contributed by atoms with E-state index in [-0.39, 0.29) is 35.3 Å². The van der Waals surface area contributed by atoms with Crippen LogP contribution in [0, 0.1) is 5.41 Å². The van der Waals surface area contributed by atoms with Gasteiger partial charge in [0.25, 0.3) is 0 Å². The van der Waals surface area contributed by atoms with Crippen molar-refractivity contribution in [2.24, 2.45) is 10.4 Å². The van der Waals surface area contributed by atoms with E-state index in [4.69, 9.17) is 9.73 Å². The number of benzene rings is 1. The van der Waals surface area contributed by atoms with Gasteiger partial charge >= 0.3 is 0 Å². The molecular weight excluding hydrogens is 505 g/mol. The molecule has 1 aromatic rings. The summed E-state index contributed by atoms with van der Waals surface area (Å²) >= 11 is 0. The molecule has 1 aliphatic heterocycles. The molecule has 3 rings (SSSR count). The molecule has 1 aliphatic carbocycles. The Bertz CT molecular complexity index is 741. The highest BCUT2D eigenvalue weighted by Gasteiger charge is 2.42. The zero-order valence-electron chi connectivity index (χ0n) is 19.4. The second-order valence-electron chi connectivity index (χ2n) is 8.50. The minimum absolute atomic E-state index is 0. The van der Waals surface area contributed by atoms with E-state index in [1.165, 1.54) is 0 Å². The lowest BCUT2D eigenvalue weighted by Gasteiger charge is -2.38. The van der Waals surface area contributed by atoms with Crippen LogP contribution in [0.5, 0.6) is 5.75 Å². The molecule has 174 valence electrons. The first-order valence-electron chi connectivity index (χ1n) is 11.1. The molecule has 1 saturated carbocycles. The molecular formula is C23H38IN5O2. The monoisotopic (exact) mass is 543 g/mol. The number of hydrogen-bond acceptors (Lipinski definition) is 4. The van der Waals surface area contributed by atoms with Crippen molar-refractivity contribution in [1.82, 2.24) is 15.1 Å². The molecule has 0 aromatic heterocycles. The Kier molecular flexibility index (Phi) is 9.71. The smallest absolute Gasteiger partial charge is 0.230 e. The lowest BCUT2D eigenvalue weighted by molar-refractivity contribution is -0.138. The van der Waals surface area contributed by atoms with Crippen LogP contribution in [-0.2, 0) is 4.79 Å². The normalized spacial score (nSPS) is 18.4. The summed E-state index contributed by atoms with van der Waals surface area (Å²) in [5.74, 6) is 2.06. The second kappa shape index (κ2) is 11.8. The van der Waals surface area contributed by atoms with Gasteiger partial charge in [-0.3, -0.25) is 9.79 Å². The quantitative estimate of drug-likeness (QED) is 0.340. The van der Waals surface area contributed by atoms with Crippen molar-refractivity contribution < 1.29 is 9.53 Å². The molecule has 8 heteroatoms. The average Bonchev–Trinajstić information content (AvgIpc) is 3.26. The number of methoxy groups -OCH3 is 1. The summed E-state index contributed by atoms with van der Waals surface area (Å²) in [6, 6.07) is 8.18. The Morgan fingerprint density at radius 2 is 1.81 bits per heavy atom. The average molecular weight is 543 g/mol. The Hall–Kier alpha value is -1.71. The molecule has 1 aromatic carbocycles. The molecule has 1 saturated heterocycles. The van der Waals surface area contributed by atoms with Gasteiger partial charge in [-0.2, -0.15) is 0 Å². The third-order valence-corrected chi connectivity index (χ3v) is 6.29. The number of carbonyl (C=O) groups excluding carboxylic acids is 1. The number of para-hydroxylation sites is 2.